The van der Waals surface area contributed by atoms with Crippen LogP contribution in [0.15, 0.2) is 25.3 Å². The van der Waals surface area contributed by atoms with Crippen molar-refractivity contribution in [3.05, 3.63) is 33.8 Å². The Balaban J connectivity index is 1.40. The number of rotatable bonds is 7. The van der Waals surface area contributed by atoms with Crippen molar-refractivity contribution < 1.29 is 42.6 Å². The Bertz CT molecular complexity index is 1690. The van der Waals surface area contributed by atoms with Crippen LogP contribution in [0.5, 0.6) is 0 Å². The highest BCUT2D eigenvalue weighted by Crippen LogP contribution is 2.75. The standard InChI is InChI=1S/C39H55NO10/c1-21(30(42)47-9)40-28-11-12-36(5)27(39(28,8)32(45)48-20-26-22(2)49-33(46)50-26)10-13-38(7)29(36)25(41)18-23-24-19-35(4,31(43)44)15-14-34(24,3)16-17-37(23,38)6/h18,21,24,27-29,40H,10-17,19-20H2,1-9H3,(H,43,44)/t21-,24-,27?,28-,29+,34+,35-,36-,37+,38+,39-/m0/s1. The second-order valence-electron chi connectivity index (χ2n) is 17.9. The van der Waals surface area contributed by atoms with Crippen molar-refractivity contribution in [1.29, 1.82) is 0 Å². The normalized spacial score (nSPS) is 42.9. The van der Waals surface area contributed by atoms with E-state index < -0.39 is 57.5 Å². The third-order valence-corrected chi connectivity index (χ3v) is 15.4. The van der Waals surface area contributed by atoms with Crippen molar-refractivity contribution in [3.8, 4) is 0 Å². The lowest BCUT2D eigenvalue weighted by atomic mass is 9.33. The average Bonchev–Trinajstić information content (AvgIpc) is 3.38. The molecule has 11 heteroatoms. The van der Waals surface area contributed by atoms with Crippen LogP contribution in [0.3, 0.4) is 0 Å². The van der Waals surface area contributed by atoms with Gasteiger partial charge in [0.05, 0.1) is 17.9 Å². The number of aliphatic carboxylic acids is 1. The molecule has 5 aliphatic carbocycles. The van der Waals surface area contributed by atoms with Crippen molar-refractivity contribution in [2.45, 2.75) is 132 Å². The summed E-state index contributed by atoms with van der Waals surface area (Å²) in [5.74, 6) is -2.79. The number of ether oxygens (including phenoxy) is 2. The fraction of sp³-hybridized carbons (Fsp3) is 0.769. The van der Waals surface area contributed by atoms with E-state index in [0.29, 0.717) is 38.5 Å². The molecule has 6 rings (SSSR count). The fourth-order valence-electron chi connectivity index (χ4n) is 12.0. The van der Waals surface area contributed by atoms with E-state index in [2.05, 4.69) is 33.0 Å². The maximum absolute atomic E-state index is 14.8. The lowest BCUT2D eigenvalue weighted by Gasteiger charge is -2.70. The average molecular weight is 698 g/mol. The van der Waals surface area contributed by atoms with Crippen LogP contribution < -0.4 is 11.1 Å². The molecule has 1 aromatic rings. The number of allylic oxidation sites excluding steroid dienone is 2. The molecule has 2 N–H and O–H groups in total. The summed E-state index contributed by atoms with van der Waals surface area (Å²) in [5, 5.41) is 13.6. The van der Waals surface area contributed by atoms with E-state index in [4.69, 9.17) is 18.3 Å². The van der Waals surface area contributed by atoms with Gasteiger partial charge >= 0.3 is 23.7 Å². The van der Waals surface area contributed by atoms with Gasteiger partial charge in [-0.25, -0.2) is 4.79 Å². The molecule has 0 spiro atoms. The second-order valence-corrected chi connectivity index (χ2v) is 17.9. The highest BCUT2D eigenvalue weighted by Gasteiger charge is 2.72. The third-order valence-electron chi connectivity index (χ3n) is 15.4. The van der Waals surface area contributed by atoms with Crippen molar-refractivity contribution in [2.24, 2.45) is 50.2 Å². The van der Waals surface area contributed by atoms with Crippen LogP contribution in [0.1, 0.15) is 118 Å². The van der Waals surface area contributed by atoms with Crippen molar-refractivity contribution in [3.63, 3.8) is 0 Å². The SMILES string of the molecule is COC(=O)[C@H](C)N[C@H]1CC[C@@]2(C)C(CC[C@]3(C)[C@@H]2C(=O)C=C2[C@@H]4C[C@@](C)(C(=O)O)CC[C@]4(C)CC[C@]23C)[C@]1(C)C(=O)OCc1oc(=O)oc1C. The van der Waals surface area contributed by atoms with Crippen LogP contribution in [0.4, 0.5) is 0 Å². The summed E-state index contributed by atoms with van der Waals surface area (Å²) in [7, 11) is 1.33. The van der Waals surface area contributed by atoms with Crippen LogP contribution in [0.25, 0.3) is 0 Å². The van der Waals surface area contributed by atoms with Gasteiger partial charge in [-0.1, -0.05) is 33.3 Å². The predicted molar refractivity (Wildman–Crippen MR) is 182 cm³/mol. The van der Waals surface area contributed by atoms with Gasteiger partial charge in [-0.2, -0.15) is 0 Å². The summed E-state index contributed by atoms with van der Waals surface area (Å²) in [6.45, 7) is 15.8. The van der Waals surface area contributed by atoms with Crippen LogP contribution in [0, 0.1) is 57.2 Å². The van der Waals surface area contributed by atoms with E-state index in [1.165, 1.54) is 7.11 Å². The number of hydrogen-bond acceptors (Lipinski definition) is 10. The zero-order chi connectivity index (χ0) is 36.8. The molecular formula is C39H55NO10. The van der Waals surface area contributed by atoms with Crippen molar-refractivity contribution in [1.82, 2.24) is 5.32 Å². The molecule has 50 heavy (non-hydrogen) atoms. The number of carboxylic acids is 1. The van der Waals surface area contributed by atoms with Gasteiger partial charge in [0, 0.05) is 12.0 Å². The van der Waals surface area contributed by atoms with Crippen molar-refractivity contribution >= 4 is 23.7 Å². The zero-order valence-electron chi connectivity index (χ0n) is 31.2. The Hall–Kier alpha value is -3.21. The molecular weight excluding hydrogens is 642 g/mol. The topological polar surface area (TPSA) is 162 Å². The van der Waals surface area contributed by atoms with Crippen LogP contribution in [0.2, 0.25) is 0 Å². The number of methoxy groups -OCH3 is 1. The number of aryl methyl sites for hydroxylation is 1. The Morgan fingerprint density at radius 2 is 1.66 bits per heavy atom. The number of nitrogens with one attached hydrogen (secondary N) is 1. The summed E-state index contributed by atoms with van der Waals surface area (Å²) >= 11 is 0. The molecule has 11 nitrogen and oxygen atoms in total. The van der Waals surface area contributed by atoms with E-state index in [1.807, 2.05) is 19.9 Å². The summed E-state index contributed by atoms with van der Waals surface area (Å²) in [6.07, 6.45) is 8.32. The molecule has 4 saturated carbocycles. The smallest absolute Gasteiger partial charge is 0.481 e. The Labute approximate surface area is 294 Å². The maximum atomic E-state index is 14.8. The molecule has 0 bridgehead atoms. The van der Waals surface area contributed by atoms with Gasteiger partial charge in [0.25, 0.3) is 0 Å². The van der Waals surface area contributed by atoms with Gasteiger partial charge in [-0.15, -0.1) is 0 Å². The highest BCUT2D eigenvalue weighted by atomic mass is 16.6. The number of esters is 2. The van der Waals surface area contributed by atoms with Gasteiger partial charge in [0.2, 0.25) is 0 Å². The number of carbonyl (C=O) groups is 4. The van der Waals surface area contributed by atoms with E-state index in [1.54, 1.807) is 13.8 Å². The largest absolute Gasteiger partial charge is 0.519 e. The predicted octanol–water partition coefficient (Wildman–Crippen LogP) is 6.15. The number of carbonyl (C=O) groups excluding carboxylic acids is 3. The summed E-state index contributed by atoms with van der Waals surface area (Å²) in [5.41, 5.74) is -2.24. The van der Waals surface area contributed by atoms with Gasteiger partial charge in [0.1, 0.15) is 6.04 Å². The minimum Gasteiger partial charge on any atom is -0.481 e. The van der Waals surface area contributed by atoms with E-state index in [-0.39, 0.29) is 52.5 Å². The van der Waals surface area contributed by atoms with E-state index >= 15 is 0 Å². The second kappa shape index (κ2) is 11.9. The molecule has 0 aromatic carbocycles. The van der Waals surface area contributed by atoms with Gasteiger partial charge in [-0.05, 0) is 125 Å². The fourth-order valence-corrected chi connectivity index (χ4v) is 12.0. The maximum Gasteiger partial charge on any atom is 0.519 e. The minimum atomic E-state index is -1.16. The monoisotopic (exact) mass is 697 g/mol. The molecule has 5 aliphatic rings. The van der Waals surface area contributed by atoms with Crippen LogP contribution in [-0.4, -0.2) is 48.0 Å². The first-order valence-corrected chi connectivity index (χ1v) is 18.3. The van der Waals surface area contributed by atoms with E-state index in [9.17, 15) is 29.1 Å². The molecule has 0 aliphatic heterocycles. The Morgan fingerprint density at radius 3 is 2.28 bits per heavy atom. The molecule has 1 unspecified atom stereocenters. The summed E-state index contributed by atoms with van der Waals surface area (Å²) < 4.78 is 21.0. The number of fused-ring (bicyclic) bond motifs is 7. The molecule has 11 atom stereocenters. The van der Waals surface area contributed by atoms with Gasteiger partial charge in [0.15, 0.2) is 23.9 Å². The summed E-state index contributed by atoms with van der Waals surface area (Å²) in [4.78, 5) is 66.1. The first-order valence-electron chi connectivity index (χ1n) is 18.3. The van der Waals surface area contributed by atoms with Gasteiger partial charge in [-0.3, -0.25) is 19.2 Å². The molecule has 1 aromatic heterocycles. The minimum absolute atomic E-state index is 0.00905. The lowest BCUT2D eigenvalue weighted by molar-refractivity contribution is -0.206. The molecule has 1 heterocycles. The first-order chi connectivity index (χ1) is 23.2. The molecule has 0 amide bonds. The molecule has 276 valence electrons. The quantitative estimate of drug-likeness (QED) is 0.314. The molecule has 0 saturated heterocycles. The number of ketones is 1. The molecule has 4 fully saturated rings. The number of carboxylic acid groups (broad SMARTS) is 1. The molecule has 0 radical (unpaired) electrons. The highest BCUT2D eigenvalue weighted by molar-refractivity contribution is 5.96. The number of hydrogen-bond donors (Lipinski definition) is 2. The van der Waals surface area contributed by atoms with E-state index in [0.717, 1.165) is 24.8 Å². The van der Waals surface area contributed by atoms with Crippen LogP contribution >= 0.6 is 0 Å². The Kier molecular flexibility index (Phi) is 8.72. The Morgan fingerprint density at radius 1 is 0.980 bits per heavy atom. The van der Waals surface area contributed by atoms with Crippen LogP contribution in [-0.2, 0) is 35.3 Å². The lowest BCUT2D eigenvalue weighted by Crippen LogP contribution is -2.70. The summed E-state index contributed by atoms with van der Waals surface area (Å²) in [6, 6.07) is -1.15. The van der Waals surface area contributed by atoms with Crippen molar-refractivity contribution in [2.75, 3.05) is 7.11 Å². The zero-order valence-corrected chi connectivity index (χ0v) is 31.2. The first kappa shape index (κ1) is 36.6. The third kappa shape index (κ3) is 5.10. The van der Waals surface area contributed by atoms with Gasteiger partial charge < -0.3 is 28.7 Å².